The molecule has 0 saturated carbocycles. The average molecular weight is 335 g/mol. The average Bonchev–Trinajstić information content (AvgIpc) is 2.57. The van der Waals surface area contributed by atoms with Gasteiger partial charge in [0.25, 0.3) is 0 Å². The Morgan fingerprint density at radius 1 is 1.21 bits per heavy atom. The summed E-state index contributed by atoms with van der Waals surface area (Å²) in [6.07, 6.45) is 0.385. The Kier molecular flexibility index (Phi) is 6.00. The molecule has 0 radical (unpaired) electrons. The molecule has 1 aliphatic heterocycles. The van der Waals surface area contributed by atoms with Crippen LogP contribution in [0.3, 0.4) is 0 Å². The lowest BCUT2D eigenvalue weighted by atomic mass is 9.96. The first-order valence-electron chi connectivity index (χ1n) is 7.79. The zero-order chi connectivity index (χ0) is 17.5. The molecule has 8 nitrogen and oxygen atoms in total. The second-order valence-corrected chi connectivity index (χ2v) is 5.40. The molecule has 1 saturated heterocycles. The van der Waals surface area contributed by atoms with E-state index in [1.807, 2.05) is 0 Å². The van der Waals surface area contributed by atoms with Crippen LogP contribution < -0.4 is 15.8 Å². The number of primary amides is 1. The number of carbonyl (C=O) groups excluding carboxylic acids is 3. The van der Waals surface area contributed by atoms with Gasteiger partial charge >= 0.3 is 12.2 Å². The number of nitrogens with one attached hydrogen (secondary N) is 1. The number of nitrogens with zero attached hydrogens (tertiary/aromatic N) is 1. The first-order valence-corrected chi connectivity index (χ1v) is 7.79. The van der Waals surface area contributed by atoms with Gasteiger partial charge in [0.2, 0.25) is 5.91 Å². The van der Waals surface area contributed by atoms with Crippen LogP contribution in [0.4, 0.5) is 15.3 Å². The Balaban J connectivity index is 1.84. The number of nitrogens with two attached hydrogens (primary N) is 1. The summed E-state index contributed by atoms with van der Waals surface area (Å²) in [5, 5.41) is 2.76. The van der Waals surface area contributed by atoms with E-state index in [1.54, 1.807) is 36.1 Å². The number of ether oxygens (including phenoxy) is 2. The second kappa shape index (κ2) is 8.19. The van der Waals surface area contributed by atoms with Gasteiger partial charge in [-0.15, -0.1) is 0 Å². The standard InChI is InChI=1S/C16H21N3O5/c1-2-23-16(22)24-13-5-3-12(4-6-13)18-15(21)19-9-7-11(8-10-19)14(17)20/h3-6,11H,2,7-10H2,1H3,(H2,17,20)(H,18,21). The number of likely N-dealkylation sites (tertiary alicyclic amines) is 1. The summed E-state index contributed by atoms with van der Waals surface area (Å²) in [4.78, 5) is 36.2. The van der Waals surface area contributed by atoms with Gasteiger partial charge in [-0.1, -0.05) is 0 Å². The van der Waals surface area contributed by atoms with Crippen LogP contribution in [0.5, 0.6) is 5.75 Å². The smallest absolute Gasteiger partial charge is 0.434 e. The molecule has 0 aliphatic carbocycles. The quantitative estimate of drug-likeness (QED) is 0.645. The molecular weight excluding hydrogens is 314 g/mol. The molecule has 1 aliphatic rings. The Hall–Kier alpha value is -2.77. The van der Waals surface area contributed by atoms with Crippen molar-refractivity contribution in [3.8, 4) is 5.75 Å². The maximum Gasteiger partial charge on any atom is 0.513 e. The molecule has 0 unspecified atom stereocenters. The lowest BCUT2D eigenvalue weighted by Crippen LogP contribution is -2.43. The van der Waals surface area contributed by atoms with Crippen molar-refractivity contribution in [2.24, 2.45) is 11.7 Å². The fraction of sp³-hybridized carbons (Fsp3) is 0.438. The number of rotatable bonds is 4. The minimum atomic E-state index is -0.772. The van der Waals surface area contributed by atoms with Crippen LogP contribution in [-0.2, 0) is 9.53 Å². The number of hydrogen-bond donors (Lipinski definition) is 2. The van der Waals surface area contributed by atoms with E-state index < -0.39 is 6.16 Å². The van der Waals surface area contributed by atoms with Crippen molar-refractivity contribution in [3.63, 3.8) is 0 Å². The van der Waals surface area contributed by atoms with Crippen molar-refractivity contribution in [1.82, 2.24) is 4.90 Å². The molecule has 1 heterocycles. The molecule has 0 bridgehead atoms. The third-order valence-corrected chi connectivity index (χ3v) is 3.75. The van der Waals surface area contributed by atoms with Crippen molar-refractivity contribution < 1.29 is 23.9 Å². The lowest BCUT2D eigenvalue weighted by molar-refractivity contribution is -0.122. The topological polar surface area (TPSA) is 111 Å². The fourth-order valence-corrected chi connectivity index (χ4v) is 2.42. The number of piperidine rings is 1. The summed E-state index contributed by atoms with van der Waals surface area (Å²) in [5.74, 6) is -0.144. The minimum absolute atomic E-state index is 0.159. The largest absolute Gasteiger partial charge is 0.513 e. The van der Waals surface area contributed by atoms with Crippen molar-refractivity contribution in [2.75, 3.05) is 25.0 Å². The van der Waals surface area contributed by atoms with Crippen LogP contribution >= 0.6 is 0 Å². The Morgan fingerprint density at radius 2 is 1.83 bits per heavy atom. The second-order valence-electron chi connectivity index (χ2n) is 5.40. The van der Waals surface area contributed by atoms with Crippen LogP contribution in [0.1, 0.15) is 19.8 Å². The van der Waals surface area contributed by atoms with Gasteiger partial charge < -0.3 is 25.4 Å². The van der Waals surface area contributed by atoms with E-state index in [2.05, 4.69) is 10.1 Å². The molecular formula is C16H21N3O5. The molecule has 24 heavy (non-hydrogen) atoms. The molecule has 0 spiro atoms. The van der Waals surface area contributed by atoms with Crippen LogP contribution in [0.15, 0.2) is 24.3 Å². The third-order valence-electron chi connectivity index (χ3n) is 3.75. The number of benzene rings is 1. The Bertz CT molecular complexity index is 594. The Morgan fingerprint density at radius 3 is 2.38 bits per heavy atom. The van der Waals surface area contributed by atoms with Gasteiger partial charge in [0.1, 0.15) is 5.75 Å². The first kappa shape index (κ1) is 17.6. The predicted molar refractivity (Wildman–Crippen MR) is 86.6 cm³/mol. The highest BCUT2D eigenvalue weighted by atomic mass is 16.7. The number of urea groups is 1. The molecule has 130 valence electrons. The number of anilines is 1. The summed E-state index contributed by atoms with van der Waals surface area (Å²) < 4.78 is 9.61. The van der Waals surface area contributed by atoms with Gasteiger partial charge in [-0.05, 0) is 44.0 Å². The minimum Gasteiger partial charge on any atom is -0.434 e. The van der Waals surface area contributed by atoms with Gasteiger partial charge in [0.15, 0.2) is 0 Å². The Labute approximate surface area is 139 Å². The van der Waals surface area contributed by atoms with E-state index in [9.17, 15) is 14.4 Å². The van der Waals surface area contributed by atoms with Gasteiger partial charge in [-0.3, -0.25) is 4.79 Å². The highest BCUT2D eigenvalue weighted by Gasteiger charge is 2.25. The maximum absolute atomic E-state index is 12.2. The van der Waals surface area contributed by atoms with E-state index in [0.717, 1.165) is 0 Å². The van der Waals surface area contributed by atoms with Gasteiger partial charge in [0.05, 0.1) is 6.61 Å². The number of amides is 3. The molecule has 1 aromatic carbocycles. The van der Waals surface area contributed by atoms with E-state index in [0.29, 0.717) is 37.4 Å². The normalized spacial score (nSPS) is 14.8. The van der Waals surface area contributed by atoms with Crippen LogP contribution in [0.25, 0.3) is 0 Å². The van der Waals surface area contributed by atoms with Gasteiger partial charge in [-0.2, -0.15) is 0 Å². The summed E-state index contributed by atoms with van der Waals surface area (Å²) in [5.41, 5.74) is 5.85. The molecule has 2 rings (SSSR count). The van der Waals surface area contributed by atoms with Crippen molar-refractivity contribution in [3.05, 3.63) is 24.3 Å². The fourth-order valence-electron chi connectivity index (χ4n) is 2.42. The molecule has 1 fully saturated rings. The molecule has 3 N–H and O–H groups in total. The third kappa shape index (κ3) is 4.87. The molecule has 8 heteroatoms. The first-order chi connectivity index (χ1) is 11.5. The zero-order valence-electron chi connectivity index (χ0n) is 13.5. The monoisotopic (exact) mass is 335 g/mol. The number of hydrogen-bond acceptors (Lipinski definition) is 5. The van der Waals surface area contributed by atoms with Crippen molar-refractivity contribution in [1.29, 1.82) is 0 Å². The summed E-state index contributed by atoms with van der Waals surface area (Å²) in [6, 6.07) is 6.14. The van der Waals surface area contributed by atoms with Crippen molar-refractivity contribution >= 4 is 23.8 Å². The van der Waals surface area contributed by atoms with E-state index in [-0.39, 0.29) is 24.5 Å². The van der Waals surface area contributed by atoms with E-state index >= 15 is 0 Å². The highest BCUT2D eigenvalue weighted by Crippen LogP contribution is 2.19. The predicted octanol–water partition coefficient (Wildman–Crippen LogP) is 1.95. The molecule has 0 atom stereocenters. The maximum atomic E-state index is 12.2. The summed E-state index contributed by atoms with van der Waals surface area (Å²) >= 11 is 0. The molecule has 3 amide bonds. The number of carbonyl (C=O) groups is 3. The zero-order valence-corrected chi connectivity index (χ0v) is 13.5. The van der Waals surface area contributed by atoms with Gasteiger partial charge in [-0.25, -0.2) is 9.59 Å². The van der Waals surface area contributed by atoms with Crippen LogP contribution in [0, 0.1) is 5.92 Å². The van der Waals surface area contributed by atoms with Crippen molar-refractivity contribution in [2.45, 2.75) is 19.8 Å². The summed E-state index contributed by atoms with van der Waals surface area (Å²) in [7, 11) is 0. The summed E-state index contributed by atoms with van der Waals surface area (Å²) in [6.45, 7) is 2.90. The van der Waals surface area contributed by atoms with Crippen LogP contribution in [-0.4, -0.2) is 42.7 Å². The lowest BCUT2D eigenvalue weighted by Gasteiger charge is -2.30. The van der Waals surface area contributed by atoms with Crippen LogP contribution in [0.2, 0.25) is 0 Å². The molecule has 0 aromatic heterocycles. The van der Waals surface area contributed by atoms with E-state index in [1.165, 1.54) is 0 Å². The van der Waals surface area contributed by atoms with E-state index in [4.69, 9.17) is 10.5 Å². The SMILES string of the molecule is CCOC(=O)Oc1ccc(NC(=O)N2CCC(C(N)=O)CC2)cc1. The highest BCUT2D eigenvalue weighted by molar-refractivity contribution is 5.89. The van der Waals surface area contributed by atoms with Gasteiger partial charge in [0, 0.05) is 24.7 Å². The molecule has 1 aromatic rings.